The van der Waals surface area contributed by atoms with Crippen molar-refractivity contribution in [1.82, 2.24) is 4.90 Å². The van der Waals surface area contributed by atoms with Crippen molar-refractivity contribution in [2.24, 2.45) is 0 Å². The van der Waals surface area contributed by atoms with Gasteiger partial charge in [0.2, 0.25) is 0 Å². The standard InChI is InChI=1S/C25H22F3NO3/c1-18(32-24(31)21-13-8-14-22(15-21)25(26,27)28)23(30)29(16-19-9-4-2-5-10-19)17-20-11-6-3-7-12-20/h2-15,18H,16-17H2,1H3/t18-/m0/s1. The van der Waals surface area contributed by atoms with E-state index < -0.39 is 29.7 Å². The summed E-state index contributed by atoms with van der Waals surface area (Å²) < 4.78 is 44.0. The highest BCUT2D eigenvalue weighted by Gasteiger charge is 2.31. The maximum absolute atomic E-state index is 13.1. The zero-order chi connectivity index (χ0) is 23.1. The van der Waals surface area contributed by atoms with Gasteiger partial charge in [0, 0.05) is 13.1 Å². The lowest BCUT2D eigenvalue weighted by Crippen LogP contribution is -2.39. The summed E-state index contributed by atoms with van der Waals surface area (Å²) in [6.45, 7) is 2.00. The first-order chi connectivity index (χ1) is 15.2. The molecular formula is C25H22F3NO3. The van der Waals surface area contributed by atoms with Crippen molar-refractivity contribution in [3.63, 3.8) is 0 Å². The topological polar surface area (TPSA) is 46.6 Å². The predicted molar refractivity (Wildman–Crippen MR) is 113 cm³/mol. The van der Waals surface area contributed by atoms with Crippen LogP contribution in [0.2, 0.25) is 0 Å². The number of hydrogen-bond donors (Lipinski definition) is 0. The van der Waals surface area contributed by atoms with Gasteiger partial charge in [-0.25, -0.2) is 4.79 Å². The molecule has 4 nitrogen and oxygen atoms in total. The second-order valence-corrected chi connectivity index (χ2v) is 7.29. The molecular weight excluding hydrogens is 419 g/mol. The Bertz CT molecular complexity index is 1010. The Morgan fingerprint density at radius 2 is 1.38 bits per heavy atom. The number of carbonyl (C=O) groups excluding carboxylic acids is 2. The van der Waals surface area contributed by atoms with E-state index in [0.29, 0.717) is 19.2 Å². The summed E-state index contributed by atoms with van der Waals surface area (Å²) in [6, 6.07) is 22.6. The van der Waals surface area contributed by atoms with Crippen LogP contribution >= 0.6 is 0 Å². The molecule has 0 aliphatic carbocycles. The third kappa shape index (κ3) is 6.20. The fourth-order valence-corrected chi connectivity index (χ4v) is 3.18. The number of benzene rings is 3. The molecule has 0 heterocycles. The molecule has 3 rings (SSSR count). The molecule has 166 valence electrons. The van der Waals surface area contributed by atoms with Crippen LogP contribution < -0.4 is 0 Å². The molecule has 1 amide bonds. The average Bonchev–Trinajstić information content (AvgIpc) is 2.79. The van der Waals surface area contributed by atoms with E-state index in [0.717, 1.165) is 23.3 Å². The summed E-state index contributed by atoms with van der Waals surface area (Å²) in [7, 11) is 0. The average molecular weight is 441 g/mol. The normalized spacial score (nSPS) is 12.1. The first kappa shape index (κ1) is 23.1. The van der Waals surface area contributed by atoms with Crippen molar-refractivity contribution in [1.29, 1.82) is 0 Å². The summed E-state index contributed by atoms with van der Waals surface area (Å²) in [5.41, 5.74) is 0.569. The molecule has 0 spiro atoms. The largest absolute Gasteiger partial charge is 0.449 e. The zero-order valence-electron chi connectivity index (χ0n) is 17.4. The van der Waals surface area contributed by atoms with E-state index in [1.807, 2.05) is 60.7 Å². The molecule has 0 saturated heterocycles. The summed E-state index contributed by atoms with van der Waals surface area (Å²) >= 11 is 0. The monoisotopic (exact) mass is 441 g/mol. The second-order valence-electron chi connectivity index (χ2n) is 7.29. The summed E-state index contributed by atoms with van der Waals surface area (Å²) in [5, 5.41) is 0. The molecule has 0 N–H and O–H groups in total. The van der Waals surface area contributed by atoms with E-state index in [-0.39, 0.29) is 5.56 Å². The number of carbonyl (C=O) groups is 2. The minimum absolute atomic E-state index is 0.267. The van der Waals surface area contributed by atoms with E-state index in [9.17, 15) is 22.8 Å². The minimum atomic E-state index is -4.58. The lowest BCUT2D eigenvalue weighted by atomic mass is 10.1. The van der Waals surface area contributed by atoms with Crippen LogP contribution in [0.5, 0.6) is 0 Å². The highest BCUT2D eigenvalue weighted by atomic mass is 19.4. The van der Waals surface area contributed by atoms with E-state index in [4.69, 9.17) is 4.74 Å². The molecule has 0 aliphatic rings. The van der Waals surface area contributed by atoms with Crippen LogP contribution in [-0.4, -0.2) is 22.9 Å². The lowest BCUT2D eigenvalue weighted by molar-refractivity contribution is -0.141. The molecule has 3 aromatic rings. The first-order valence-electron chi connectivity index (χ1n) is 9.99. The van der Waals surface area contributed by atoms with Gasteiger partial charge >= 0.3 is 12.1 Å². The molecule has 1 atom stereocenters. The number of rotatable bonds is 7. The summed E-state index contributed by atoms with van der Waals surface area (Å²) in [4.78, 5) is 27.1. The van der Waals surface area contributed by atoms with E-state index >= 15 is 0 Å². The third-order valence-corrected chi connectivity index (χ3v) is 4.80. The van der Waals surface area contributed by atoms with Crippen molar-refractivity contribution in [3.8, 4) is 0 Å². The molecule has 0 radical (unpaired) electrons. The Balaban J connectivity index is 1.75. The van der Waals surface area contributed by atoms with Crippen LogP contribution in [0.1, 0.15) is 34.0 Å². The molecule has 0 bridgehead atoms. The number of alkyl halides is 3. The van der Waals surface area contributed by atoms with Crippen molar-refractivity contribution in [2.75, 3.05) is 0 Å². The second kappa shape index (κ2) is 10.1. The van der Waals surface area contributed by atoms with Gasteiger partial charge in [-0.3, -0.25) is 4.79 Å². The van der Waals surface area contributed by atoms with Gasteiger partial charge in [-0.1, -0.05) is 66.7 Å². The number of ether oxygens (including phenoxy) is 1. The fourth-order valence-electron chi connectivity index (χ4n) is 3.18. The van der Waals surface area contributed by atoms with Crippen molar-refractivity contribution in [2.45, 2.75) is 32.3 Å². The SMILES string of the molecule is C[C@H](OC(=O)c1cccc(C(F)(F)F)c1)C(=O)N(Cc1ccccc1)Cc1ccccc1. The molecule has 0 aromatic heterocycles. The van der Waals surface area contributed by atoms with E-state index in [1.165, 1.54) is 13.0 Å². The van der Waals surface area contributed by atoms with Crippen LogP contribution in [0.15, 0.2) is 84.9 Å². The van der Waals surface area contributed by atoms with Gasteiger partial charge in [0.15, 0.2) is 6.10 Å². The van der Waals surface area contributed by atoms with Crippen molar-refractivity contribution < 1.29 is 27.5 Å². The Morgan fingerprint density at radius 1 is 0.844 bits per heavy atom. The summed E-state index contributed by atoms with van der Waals surface area (Å²) in [5.74, 6) is -1.44. The number of amides is 1. The highest BCUT2D eigenvalue weighted by Crippen LogP contribution is 2.29. The van der Waals surface area contributed by atoms with Gasteiger partial charge in [0.05, 0.1) is 11.1 Å². The molecule has 32 heavy (non-hydrogen) atoms. The Labute approximate surface area is 184 Å². The lowest BCUT2D eigenvalue weighted by Gasteiger charge is -2.26. The van der Waals surface area contributed by atoms with Crippen LogP contribution in [0.3, 0.4) is 0 Å². The zero-order valence-corrected chi connectivity index (χ0v) is 17.4. The molecule has 3 aromatic carbocycles. The highest BCUT2D eigenvalue weighted by molar-refractivity contribution is 5.92. The first-order valence-corrected chi connectivity index (χ1v) is 9.99. The van der Waals surface area contributed by atoms with Gasteiger partial charge in [0.1, 0.15) is 0 Å². The maximum Gasteiger partial charge on any atom is 0.416 e. The van der Waals surface area contributed by atoms with Crippen molar-refractivity contribution >= 4 is 11.9 Å². The number of hydrogen-bond acceptors (Lipinski definition) is 3. The minimum Gasteiger partial charge on any atom is -0.449 e. The maximum atomic E-state index is 13.1. The molecule has 0 fully saturated rings. The van der Waals surface area contributed by atoms with Crippen LogP contribution in [0.4, 0.5) is 13.2 Å². The molecule has 7 heteroatoms. The third-order valence-electron chi connectivity index (χ3n) is 4.80. The van der Waals surface area contributed by atoms with Crippen LogP contribution in [-0.2, 0) is 28.8 Å². The van der Waals surface area contributed by atoms with Crippen LogP contribution in [0.25, 0.3) is 0 Å². The van der Waals surface area contributed by atoms with Gasteiger partial charge in [0.25, 0.3) is 5.91 Å². The Morgan fingerprint density at radius 3 is 1.88 bits per heavy atom. The van der Waals surface area contributed by atoms with E-state index in [1.54, 1.807) is 4.90 Å². The van der Waals surface area contributed by atoms with Gasteiger partial charge < -0.3 is 9.64 Å². The quantitative estimate of drug-likeness (QED) is 0.456. The predicted octanol–water partition coefficient (Wildman–Crippen LogP) is 5.48. The van der Waals surface area contributed by atoms with Gasteiger partial charge in [-0.05, 0) is 36.2 Å². The Hall–Kier alpha value is -3.61. The Kier molecular flexibility index (Phi) is 7.30. The van der Waals surface area contributed by atoms with E-state index in [2.05, 4.69) is 0 Å². The molecule has 0 aliphatic heterocycles. The number of nitrogens with zero attached hydrogens (tertiary/aromatic N) is 1. The van der Waals surface area contributed by atoms with Crippen molar-refractivity contribution in [3.05, 3.63) is 107 Å². The molecule has 0 unspecified atom stereocenters. The van der Waals surface area contributed by atoms with Gasteiger partial charge in [-0.2, -0.15) is 13.2 Å². The molecule has 0 saturated carbocycles. The number of esters is 1. The summed E-state index contributed by atoms with van der Waals surface area (Å²) in [6.07, 6.45) is -5.76. The number of halogens is 3. The fraction of sp³-hybridized carbons (Fsp3) is 0.200. The van der Waals surface area contributed by atoms with Gasteiger partial charge in [-0.15, -0.1) is 0 Å². The van der Waals surface area contributed by atoms with Crippen LogP contribution in [0, 0.1) is 0 Å². The smallest absolute Gasteiger partial charge is 0.416 e.